The summed E-state index contributed by atoms with van der Waals surface area (Å²) in [7, 11) is 0. The van der Waals surface area contributed by atoms with Gasteiger partial charge in [-0.2, -0.15) is 0 Å². The lowest BCUT2D eigenvalue weighted by Gasteiger charge is -2.14. The van der Waals surface area contributed by atoms with E-state index in [0.717, 1.165) is 33.4 Å². The average molecular weight is 394 g/mol. The summed E-state index contributed by atoms with van der Waals surface area (Å²) >= 11 is 7.43. The first-order valence-corrected chi connectivity index (χ1v) is 9.67. The third-order valence-electron chi connectivity index (χ3n) is 4.32. The first kappa shape index (κ1) is 17.6. The maximum absolute atomic E-state index is 13.1. The molecule has 0 saturated carbocycles. The number of carbonyl (C=O) groups is 1. The van der Waals surface area contributed by atoms with E-state index in [2.05, 4.69) is 10.3 Å². The lowest BCUT2D eigenvalue weighted by atomic mass is 9.97. The molecule has 0 spiro atoms. The highest BCUT2D eigenvalue weighted by Crippen LogP contribution is 2.31. The van der Waals surface area contributed by atoms with Crippen LogP contribution >= 0.6 is 22.9 Å². The van der Waals surface area contributed by atoms with Crippen molar-refractivity contribution in [3.8, 4) is 11.3 Å². The number of carbonyl (C=O) groups excluding carboxylic acids is 1. The van der Waals surface area contributed by atoms with Gasteiger partial charge in [0.2, 0.25) is 0 Å². The van der Waals surface area contributed by atoms with E-state index in [1.807, 2.05) is 67.8 Å². The number of pyridine rings is 1. The second-order valence-corrected chi connectivity index (χ2v) is 7.53. The van der Waals surface area contributed by atoms with E-state index in [4.69, 9.17) is 16.6 Å². The molecule has 4 aromatic rings. The number of anilines is 1. The first-order valence-electron chi connectivity index (χ1n) is 8.41. The van der Waals surface area contributed by atoms with Gasteiger partial charge < -0.3 is 0 Å². The number of para-hydroxylation sites is 1. The highest BCUT2D eigenvalue weighted by Gasteiger charge is 2.19. The number of fused-ring (bicyclic) bond motifs is 1. The molecular weight excluding hydrogens is 378 g/mol. The van der Waals surface area contributed by atoms with Crippen LogP contribution in [0.3, 0.4) is 0 Å². The van der Waals surface area contributed by atoms with Gasteiger partial charge in [0.15, 0.2) is 5.13 Å². The molecule has 0 aliphatic rings. The van der Waals surface area contributed by atoms with Crippen molar-refractivity contribution in [2.24, 2.45) is 0 Å². The molecule has 1 amide bonds. The van der Waals surface area contributed by atoms with Crippen molar-refractivity contribution in [2.45, 2.75) is 13.8 Å². The third-order valence-corrected chi connectivity index (χ3v) is 5.45. The number of rotatable bonds is 3. The lowest BCUT2D eigenvalue weighted by molar-refractivity contribution is 0.102. The fourth-order valence-corrected chi connectivity index (χ4v) is 3.87. The van der Waals surface area contributed by atoms with Crippen LogP contribution in [-0.4, -0.2) is 15.9 Å². The Morgan fingerprint density at radius 1 is 1.04 bits per heavy atom. The first-order chi connectivity index (χ1) is 13.0. The summed E-state index contributed by atoms with van der Waals surface area (Å²) in [5.41, 5.74) is 4.77. The smallest absolute Gasteiger partial charge is 0.258 e. The van der Waals surface area contributed by atoms with Gasteiger partial charge in [-0.3, -0.25) is 10.1 Å². The SMILES string of the molecule is Cc1csc(NC(=O)c2c(C)c(-c3ccc(Cl)cc3)nc3ccccc23)n1. The van der Waals surface area contributed by atoms with Crippen LogP contribution in [0.1, 0.15) is 21.6 Å². The van der Waals surface area contributed by atoms with Crippen molar-refractivity contribution in [3.05, 3.63) is 75.8 Å². The number of thiazole rings is 1. The minimum Gasteiger partial charge on any atom is -0.298 e. The van der Waals surface area contributed by atoms with Gasteiger partial charge in [0.05, 0.1) is 22.5 Å². The Morgan fingerprint density at radius 3 is 2.48 bits per heavy atom. The number of hydrogen-bond acceptors (Lipinski definition) is 4. The Labute approximate surface area is 165 Å². The zero-order chi connectivity index (χ0) is 19.0. The number of aryl methyl sites for hydroxylation is 1. The van der Waals surface area contributed by atoms with Gasteiger partial charge in [-0.1, -0.05) is 41.9 Å². The van der Waals surface area contributed by atoms with Gasteiger partial charge in [-0.25, -0.2) is 9.97 Å². The second-order valence-electron chi connectivity index (χ2n) is 6.23. The molecule has 27 heavy (non-hydrogen) atoms. The van der Waals surface area contributed by atoms with Crippen LogP contribution in [0, 0.1) is 13.8 Å². The molecule has 0 radical (unpaired) electrons. The normalized spacial score (nSPS) is 10.9. The van der Waals surface area contributed by atoms with E-state index in [9.17, 15) is 4.79 Å². The molecule has 4 nitrogen and oxygen atoms in total. The zero-order valence-electron chi connectivity index (χ0n) is 14.8. The van der Waals surface area contributed by atoms with Gasteiger partial charge in [-0.15, -0.1) is 11.3 Å². The van der Waals surface area contributed by atoms with E-state index in [0.29, 0.717) is 15.7 Å². The van der Waals surface area contributed by atoms with Crippen LogP contribution in [0.25, 0.3) is 22.2 Å². The Kier molecular flexibility index (Phi) is 4.64. The summed E-state index contributed by atoms with van der Waals surface area (Å²) in [6, 6.07) is 15.1. The Bertz CT molecular complexity index is 1150. The van der Waals surface area contributed by atoms with Gasteiger partial charge in [-0.05, 0) is 37.6 Å². The number of hydrogen-bond donors (Lipinski definition) is 1. The Balaban J connectivity index is 1.88. The topological polar surface area (TPSA) is 54.9 Å². The van der Waals surface area contributed by atoms with Crippen LogP contribution < -0.4 is 5.32 Å². The van der Waals surface area contributed by atoms with E-state index < -0.39 is 0 Å². The van der Waals surface area contributed by atoms with Gasteiger partial charge >= 0.3 is 0 Å². The third kappa shape index (κ3) is 3.44. The highest BCUT2D eigenvalue weighted by molar-refractivity contribution is 7.13. The molecule has 0 atom stereocenters. The Morgan fingerprint density at radius 2 is 1.78 bits per heavy atom. The monoisotopic (exact) mass is 393 g/mol. The van der Waals surface area contributed by atoms with Crippen molar-refractivity contribution in [1.29, 1.82) is 0 Å². The van der Waals surface area contributed by atoms with Gasteiger partial charge in [0.1, 0.15) is 0 Å². The summed E-state index contributed by atoms with van der Waals surface area (Å²) in [4.78, 5) is 22.2. The molecule has 0 saturated heterocycles. The average Bonchev–Trinajstić information content (AvgIpc) is 3.06. The summed E-state index contributed by atoms with van der Waals surface area (Å²) in [5.74, 6) is -0.185. The second kappa shape index (κ2) is 7.10. The number of nitrogens with zero attached hydrogens (tertiary/aromatic N) is 2. The molecule has 0 bridgehead atoms. The molecule has 2 aromatic carbocycles. The molecule has 0 fully saturated rings. The minimum atomic E-state index is -0.185. The lowest BCUT2D eigenvalue weighted by Crippen LogP contribution is -2.15. The Hall–Kier alpha value is -2.76. The van der Waals surface area contributed by atoms with Crippen LogP contribution in [0.5, 0.6) is 0 Å². The van der Waals surface area contributed by atoms with Crippen molar-refractivity contribution in [2.75, 3.05) is 5.32 Å². The number of aromatic nitrogens is 2. The molecule has 6 heteroatoms. The van der Waals surface area contributed by atoms with E-state index in [1.54, 1.807) is 0 Å². The number of halogens is 1. The predicted molar refractivity (Wildman–Crippen MR) is 112 cm³/mol. The van der Waals surface area contributed by atoms with Crippen LogP contribution in [0.2, 0.25) is 5.02 Å². The minimum absolute atomic E-state index is 0.185. The number of nitrogens with one attached hydrogen (secondary N) is 1. The summed E-state index contributed by atoms with van der Waals surface area (Å²) in [6.07, 6.45) is 0. The number of amides is 1. The molecule has 4 rings (SSSR count). The van der Waals surface area contributed by atoms with Gasteiger partial charge in [0.25, 0.3) is 5.91 Å². The molecule has 2 aromatic heterocycles. The van der Waals surface area contributed by atoms with Crippen LogP contribution in [0.4, 0.5) is 5.13 Å². The van der Waals surface area contributed by atoms with Crippen molar-refractivity contribution >= 4 is 44.9 Å². The molecule has 1 N–H and O–H groups in total. The van der Waals surface area contributed by atoms with Crippen molar-refractivity contribution < 1.29 is 4.79 Å². The summed E-state index contributed by atoms with van der Waals surface area (Å²) < 4.78 is 0. The van der Waals surface area contributed by atoms with E-state index in [-0.39, 0.29) is 5.91 Å². The van der Waals surface area contributed by atoms with Crippen LogP contribution in [0.15, 0.2) is 53.9 Å². The van der Waals surface area contributed by atoms with Crippen LogP contribution in [-0.2, 0) is 0 Å². The fraction of sp³-hybridized carbons (Fsp3) is 0.0952. The van der Waals surface area contributed by atoms with Crippen molar-refractivity contribution in [3.63, 3.8) is 0 Å². The van der Waals surface area contributed by atoms with Gasteiger partial charge in [0, 0.05) is 21.4 Å². The van der Waals surface area contributed by atoms with E-state index in [1.165, 1.54) is 11.3 Å². The summed E-state index contributed by atoms with van der Waals surface area (Å²) in [5, 5.41) is 6.90. The quantitative estimate of drug-likeness (QED) is 0.472. The fourth-order valence-electron chi connectivity index (χ4n) is 3.06. The largest absolute Gasteiger partial charge is 0.298 e. The molecule has 0 unspecified atom stereocenters. The molecule has 0 aliphatic heterocycles. The maximum atomic E-state index is 13.1. The maximum Gasteiger partial charge on any atom is 0.258 e. The van der Waals surface area contributed by atoms with E-state index >= 15 is 0 Å². The predicted octanol–water partition coefficient (Wildman–Crippen LogP) is 5.88. The molecule has 2 heterocycles. The zero-order valence-corrected chi connectivity index (χ0v) is 16.4. The number of benzene rings is 2. The van der Waals surface area contributed by atoms with Crippen molar-refractivity contribution in [1.82, 2.24) is 9.97 Å². The molecule has 0 aliphatic carbocycles. The standard InChI is InChI=1S/C21H16ClN3OS/c1-12-11-27-21(23-12)25-20(26)18-13(2)19(14-7-9-15(22)10-8-14)24-17-6-4-3-5-16(17)18/h3-11H,1-2H3,(H,23,25,26). The highest BCUT2D eigenvalue weighted by atomic mass is 35.5. The summed E-state index contributed by atoms with van der Waals surface area (Å²) in [6.45, 7) is 3.82. The molecular formula is C21H16ClN3OS. The molecule has 134 valence electrons.